The van der Waals surface area contributed by atoms with E-state index >= 15 is 0 Å². The number of nitrogens with one attached hydrogen (secondary N) is 1. The molecule has 0 unspecified atom stereocenters. The smallest absolute Gasteiger partial charge is 0.416 e. The monoisotopic (exact) mass is 466 g/mol. The molecule has 0 amide bonds. The molecule has 1 aromatic carbocycles. The van der Waals surface area contributed by atoms with Crippen LogP contribution >= 0.6 is 0 Å². The molecule has 4 aromatic rings. The Labute approximate surface area is 180 Å². The highest BCUT2D eigenvalue weighted by Crippen LogP contribution is 2.39. The summed E-state index contributed by atoms with van der Waals surface area (Å²) in [5.41, 5.74) is 0.525. The van der Waals surface area contributed by atoms with E-state index in [1.807, 2.05) is 0 Å². The number of anilines is 1. The minimum absolute atomic E-state index is 0.172. The van der Waals surface area contributed by atoms with Gasteiger partial charge in [-0.05, 0) is 31.2 Å². The van der Waals surface area contributed by atoms with Crippen molar-refractivity contribution < 1.29 is 26.3 Å². The molecule has 13 heteroatoms. The van der Waals surface area contributed by atoms with Crippen molar-refractivity contribution in [3.63, 3.8) is 0 Å². The lowest BCUT2D eigenvalue weighted by atomic mass is 10.1. The molecule has 1 N–H and O–H groups in total. The number of aromatic amines is 1. The maximum atomic E-state index is 13.3. The summed E-state index contributed by atoms with van der Waals surface area (Å²) in [5, 5.41) is 11.4. The number of nitrogens with zero attached hydrogens (tertiary/aromatic N) is 5. The highest BCUT2D eigenvalue weighted by Gasteiger charge is 2.32. The first kappa shape index (κ1) is 21.6. The molecule has 168 valence electrons. The lowest BCUT2D eigenvalue weighted by Crippen LogP contribution is -2.27. The van der Waals surface area contributed by atoms with Gasteiger partial charge in [0.1, 0.15) is 16.3 Å². The van der Waals surface area contributed by atoms with Crippen LogP contribution in [0.15, 0.2) is 47.8 Å². The van der Waals surface area contributed by atoms with E-state index in [2.05, 4.69) is 20.3 Å². The fraction of sp³-hybridized carbons (Fsp3) is 0.211. The lowest BCUT2D eigenvalue weighted by Gasteiger charge is -2.22. The second-order valence-electron chi connectivity index (χ2n) is 6.84. The number of sulfonamides is 1. The van der Waals surface area contributed by atoms with Crippen LogP contribution in [0.4, 0.5) is 18.9 Å². The molecule has 32 heavy (non-hydrogen) atoms. The van der Waals surface area contributed by atoms with Crippen LogP contribution in [-0.4, -0.2) is 47.5 Å². The summed E-state index contributed by atoms with van der Waals surface area (Å²) in [7, 11) is -1.40. The van der Waals surface area contributed by atoms with Gasteiger partial charge in [0.2, 0.25) is 0 Å². The maximum absolute atomic E-state index is 13.3. The zero-order chi connectivity index (χ0) is 23.3. The normalized spacial score (nSPS) is 12.3. The van der Waals surface area contributed by atoms with E-state index in [0.717, 1.165) is 39.7 Å². The molecular weight excluding hydrogens is 449 g/mol. The first-order valence-corrected chi connectivity index (χ1v) is 10.6. The number of ether oxygens (including phenoxy) is 1. The van der Waals surface area contributed by atoms with Gasteiger partial charge >= 0.3 is 6.18 Å². The summed E-state index contributed by atoms with van der Waals surface area (Å²) < 4.78 is 73.0. The van der Waals surface area contributed by atoms with Crippen molar-refractivity contribution in [1.29, 1.82) is 0 Å². The van der Waals surface area contributed by atoms with E-state index in [9.17, 15) is 21.6 Å². The van der Waals surface area contributed by atoms with Crippen LogP contribution in [0.2, 0.25) is 0 Å². The predicted molar refractivity (Wildman–Crippen MR) is 109 cm³/mol. The Kier molecular flexibility index (Phi) is 5.07. The predicted octanol–water partition coefficient (Wildman–Crippen LogP) is 3.30. The average Bonchev–Trinajstić information content (AvgIpc) is 3.40. The number of hydrogen-bond acceptors (Lipinski definition) is 6. The number of aromatic nitrogens is 5. The van der Waals surface area contributed by atoms with Crippen LogP contribution in [0, 0.1) is 6.92 Å². The Morgan fingerprint density at radius 3 is 2.66 bits per heavy atom. The molecule has 3 heterocycles. The topological polar surface area (TPSA) is 106 Å². The largest absolute Gasteiger partial charge is 0.495 e. The first-order valence-electron chi connectivity index (χ1n) is 9.13. The minimum atomic E-state index is -4.57. The maximum Gasteiger partial charge on any atom is 0.416 e. The van der Waals surface area contributed by atoms with Gasteiger partial charge in [-0.3, -0.25) is 9.40 Å². The van der Waals surface area contributed by atoms with Crippen LogP contribution in [0.5, 0.6) is 5.75 Å². The molecule has 0 bridgehead atoms. The third kappa shape index (κ3) is 3.53. The zero-order valence-corrected chi connectivity index (χ0v) is 17.9. The van der Waals surface area contributed by atoms with Gasteiger partial charge in [0.25, 0.3) is 10.0 Å². The van der Waals surface area contributed by atoms with Crippen LogP contribution in [0.25, 0.3) is 16.7 Å². The van der Waals surface area contributed by atoms with Gasteiger partial charge in [0.05, 0.1) is 41.7 Å². The first-order chi connectivity index (χ1) is 15.0. The highest BCUT2D eigenvalue weighted by atomic mass is 32.2. The third-order valence-corrected chi connectivity index (χ3v) is 6.62. The number of aryl methyl sites for hydroxylation is 1. The second kappa shape index (κ2) is 7.51. The molecule has 0 radical (unpaired) electrons. The zero-order valence-electron chi connectivity index (χ0n) is 17.0. The molecule has 0 aliphatic heterocycles. The van der Waals surface area contributed by atoms with Crippen molar-refractivity contribution in [3.8, 4) is 11.6 Å². The lowest BCUT2D eigenvalue weighted by molar-refractivity contribution is -0.137. The number of rotatable bonds is 5. The van der Waals surface area contributed by atoms with Crippen molar-refractivity contribution in [2.45, 2.75) is 18.0 Å². The van der Waals surface area contributed by atoms with Gasteiger partial charge in [-0.2, -0.15) is 23.4 Å². The van der Waals surface area contributed by atoms with E-state index in [0.29, 0.717) is 22.3 Å². The summed E-state index contributed by atoms with van der Waals surface area (Å²) >= 11 is 0. The number of methoxy groups -OCH3 is 1. The van der Waals surface area contributed by atoms with E-state index in [1.165, 1.54) is 14.2 Å². The number of hydrogen-bond donors (Lipinski definition) is 1. The van der Waals surface area contributed by atoms with Crippen LogP contribution in [0.3, 0.4) is 0 Å². The Bertz CT molecular complexity index is 1410. The van der Waals surface area contributed by atoms with E-state index in [-0.39, 0.29) is 16.4 Å². The molecule has 0 saturated heterocycles. The van der Waals surface area contributed by atoms with Gasteiger partial charge in [0, 0.05) is 13.2 Å². The van der Waals surface area contributed by atoms with Gasteiger partial charge in [-0.15, -0.1) is 0 Å². The number of H-pyrrole nitrogens is 1. The summed E-state index contributed by atoms with van der Waals surface area (Å²) in [6.45, 7) is 1.72. The quantitative estimate of drug-likeness (QED) is 0.484. The molecule has 0 spiro atoms. The number of halogens is 3. The fourth-order valence-electron chi connectivity index (χ4n) is 3.27. The van der Waals surface area contributed by atoms with Gasteiger partial charge < -0.3 is 4.74 Å². The van der Waals surface area contributed by atoms with Gasteiger partial charge in [0.15, 0.2) is 5.82 Å². The third-order valence-electron chi connectivity index (χ3n) is 4.91. The summed E-state index contributed by atoms with van der Waals surface area (Å²) in [6, 6.07) is 4.93. The SMILES string of the molecule is COc1ccc2[nH]nc(C)c2c1N(C)S(=O)(=O)c1cnn(-c2cc(C(F)(F)F)ccn2)c1. The minimum Gasteiger partial charge on any atom is -0.495 e. The summed E-state index contributed by atoms with van der Waals surface area (Å²) in [4.78, 5) is 3.62. The number of benzene rings is 1. The van der Waals surface area contributed by atoms with E-state index < -0.39 is 21.8 Å². The molecule has 0 atom stereocenters. The Morgan fingerprint density at radius 1 is 1.22 bits per heavy atom. The summed E-state index contributed by atoms with van der Waals surface area (Å²) in [5.74, 6) is 0.134. The van der Waals surface area contributed by atoms with E-state index in [1.54, 1.807) is 19.1 Å². The second-order valence-corrected chi connectivity index (χ2v) is 8.81. The summed E-state index contributed by atoms with van der Waals surface area (Å²) in [6.07, 6.45) is -1.45. The van der Waals surface area contributed by atoms with E-state index in [4.69, 9.17) is 4.74 Å². The molecule has 9 nitrogen and oxygen atoms in total. The van der Waals surface area contributed by atoms with Crippen molar-refractivity contribution in [2.75, 3.05) is 18.5 Å². The van der Waals surface area contributed by atoms with Crippen LogP contribution in [-0.2, 0) is 16.2 Å². The average molecular weight is 466 g/mol. The Hall–Kier alpha value is -3.61. The Morgan fingerprint density at radius 2 is 1.97 bits per heavy atom. The molecule has 4 rings (SSSR count). The fourth-order valence-corrected chi connectivity index (χ4v) is 4.42. The number of pyridine rings is 1. The van der Waals surface area contributed by atoms with Crippen molar-refractivity contribution in [3.05, 3.63) is 54.1 Å². The molecule has 0 aliphatic rings. The van der Waals surface area contributed by atoms with Crippen molar-refractivity contribution >= 4 is 26.6 Å². The Balaban J connectivity index is 1.78. The number of fused-ring (bicyclic) bond motifs is 1. The van der Waals surface area contributed by atoms with Gasteiger partial charge in [-0.1, -0.05) is 0 Å². The highest BCUT2D eigenvalue weighted by molar-refractivity contribution is 7.92. The molecular formula is C19H17F3N6O3S. The van der Waals surface area contributed by atoms with Crippen molar-refractivity contribution in [1.82, 2.24) is 25.0 Å². The molecule has 3 aromatic heterocycles. The van der Waals surface area contributed by atoms with Crippen LogP contribution in [0.1, 0.15) is 11.3 Å². The van der Waals surface area contributed by atoms with Crippen LogP contribution < -0.4 is 9.04 Å². The van der Waals surface area contributed by atoms with Crippen molar-refractivity contribution in [2.24, 2.45) is 0 Å². The molecule has 0 aliphatic carbocycles. The molecule has 0 fully saturated rings. The standard InChI is InChI=1S/C19H17F3N6O3S/c1-11-17-14(26-25-11)4-5-15(31-3)18(17)27(2)32(29,30)13-9-24-28(10-13)16-8-12(6-7-23-16)19(20,21)22/h4-10H,1-3H3,(H,25,26). The van der Waals surface area contributed by atoms with Gasteiger partial charge in [-0.25, -0.2) is 18.1 Å². The number of alkyl halides is 3. The molecule has 0 saturated carbocycles.